The van der Waals surface area contributed by atoms with Gasteiger partial charge in [-0.25, -0.2) is 0 Å². The van der Waals surface area contributed by atoms with Crippen molar-refractivity contribution in [3.05, 3.63) is 60.4 Å². The van der Waals surface area contributed by atoms with Crippen LogP contribution in [0.4, 0.5) is 0 Å². The van der Waals surface area contributed by atoms with Gasteiger partial charge in [0.15, 0.2) is 0 Å². The van der Waals surface area contributed by atoms with Crippen molar-refractivity contribution < 1.29 is 14.6 Å². The quantitative estimate of drug-likeness (QED) is 0.559. The van der Waals surface area contributed by atoms with Crippen LogP contribution in [0.15, 0.2) is 60.4 Å². The molecular weight excluding hydrogens is 312 g/mol. The summed E-state index contributed by atoms with van der Waals surface area (Å²) in [5.41, 5.74) is 0.424. The molecule has 0 heterocycles. The van der Waals surface area contributed by atoms with Gasteiger partial charge >= 0.3 is 0 Å². The Balaban J connectivity index is 2.62. The van der Waals surface area contributed by atoms with Crippen LogP contribution in [-0.2, 0) is 9.47 Å². The summed E-state index contributed by atoms with van der Waals surface area (Å²) in [6, 6.07) is 0. The Labute approximate surface area is 153 Å². The van der Waals surface area contributed by atoms with Crippen LogP contribution >= 0.6 is 0 Å². The van der Waals surface area contributed by atoms with E-state index in [0.29, 0.717) is 0 Å². The largest absolute Gasteiger partial charge is 0.491 e. The van der Waals surface area contributed by atoms with E-state index in [1.165, 1.54) is 0 Å². The number of ether oxygens (including phenoxy) is 2. The van der Waals surface area contributed by atoms with E-state index in [4.69, 9.17) is 9.47 Å². The van der Waals surface area contributed by atoms with Crippen LogP contribution in [-0.4, -0.2) is 30.0 Å². The Morgan fingerprint density at radius 1 is 1.28 bits per heavy atom. The Hall–Kier alpha value is -1.58. The lowest BCUT2D eigenvalue weighted by atomic mass is 9.71. The van der Waals surface area contributed by atoms with Gasteiger partial charge in [-0.1, -0.05) is 50.8 Å². The van der Waals surface area contributed by atoms with E-state index >= 15 is 0 Å². The first-order valence-electron chi connectivity index (χ1n) is 9.02. The number of aliphatic hydroxyl groups excluding tert-OH is 1. The zero-order chi connectivity index (χ0) is 18.9. The molecule has 3 heteroatoms. The molecule has 0 aliphatic heterocycles. The summed E-state index contributed by atoms with van der Waals surface area (Å²) in [6.45, 7) is 14.6. The first-order valence-corrected chi connectivity index (χ1v) is 9.02. The van der Waals surface area contributed by atoms with Crippen molar-refractivity contribution in [1.82, 2.24) is 0 Å². The second-order valence-corrected chi connectivity index (χ2v) is 7.36. The van der Waals surface area contributed by atoms with Gasteiger partial charge in [0, 0.05) is 5.41 Å². The van der Waals surface area contributed by atoms with Crippen LogP contribution in [0, 0.1) is 5.41 Å². The second kappa shape index (κ2) is 9.79. The van der Waals surface area contributed by atoms with Gasteiger partial charge in [-0.3, -0.25) is 0 Å². The molecule has 25 heavy (non-hydrogen) atoms. The lowest BCUT2D eigenvalue weighted by Gasteiger charge is -2.43. The zero-order valence-corrected chi connectivity index (χ0v) is 16.4. The minimum Gasteiger partial charge on any atom is -0.491 e. The smallest absolute Gasteiger partial charge is 0.116 e. The Bertz CT molecular complexity index is 548. The molecule has 3 nitrogen and oxygen atoms in total. The minimum atomic E-state index is -0.667. The molecule has 1 rings (SSSR count). The standard InChI is InChI=1S/C22H34O3/c1-7-12-18(13-8-2)21(3,4)22(5,6)25-17-19(23)16-24-20-14-10-9-11-15-20/h7-8,10,12-15,19,23H,1,9,11,16-17H2,2-6H3/b13-8-,18-12+. The molecule has 0 aromatic heterocycles. The van der Waals surface area contributed by atoms with Crippen LogP contribution in [0.2, 0.25) is 0 Å². The average Bonchev–Trinajstić information content (AvgIpc) is 2.58. The monoisotopic (exact) mass is 346 g/mol. The predicted octanol–water partition coefficient (Wildman–Crippen LogP) is 5.11. The molecular formula is C22H34O3. The van der Waals surface area contributed by atoms with Gasteiger partial charge in [-0.2, -0.15) is 0 Å². The van der Waals surface area contributed by atoms with Crippen molar-refractivity contribution in [1.29, 1.82) is 0 Å². The number of hydrogen-bond acceptors (Lipinski definition) is 3. The summed E-state index contributed by atoms with van der Waals surface area (Å²) in [5, 5.41) is 10.2. The molecule has 1 atom stereocenters. The average molecular weight is 347 g/mol. The van der Waals surface area contributed by atoms with E-state index in [0.717, 1.165) is 24.2 Å². The molecule has 0 spiro atoms. The van der Waals surface area contributed by atoms with Crippen molar-refractivity contribution in [2.75, 3.05) is 13.2 Å². The van der Waals surface area contributed by atoms with Gasteiger partial charge in [-0.05, 0) is 51.3 Å². The number of hydrogen-bond donors (Lipinski definition) is 1. The minimum absolute atomic E-state index is 0.227. The second-order valence-electron chi connectivity index (χ2n) is 7.36. The van der Waals surface area contributed by atoms with E-state index < -0.39 is 11.7 Å². The first-order chi connectivity index (χ1) is 11.7. The highest BCUT2D eigenvalue weighted by Crippen LogP contribution is 2.41. The molecule has 1 unspecified atom stereocenters. The van der Waals surface area contributed by atoms with Crippen LogP contribution in [0.25, 0.3) is 0 Å². The van der Waals surface area contributed by atoms with Gasteiger partial charge in [0.2, 0.25) is 0 Å². The summed E-state index contributed by atoms with van der Waals surface area (Å²) < 4.78 is 11.7. The van der Waals surface area contributed by atoms with Gasteiger partial charge in [0.05, 0.1) is 12.2 Å². The fourth-order valence-electron chi connectivity index (χ4n) is 2.55. The lowest BCUT2D eigenvalue weighted by Crippen LogP contribution is -2.44. The third-order valence-corrected chi connectivity index (χ3v) is 4.91. The Morgan fingerprint density at radius 3 is 2.56 bits per heavy atom. The van der Waals surface area contributed by atoms with E-state index in [1.807, 2.05) is 45.1 Å². The summed E-state index contributed by atoms with van der Waals surface area (Å²) in [7, 11) is 0. The third-order valence-electron chi connectivity index (χ3n) is 4.91. The highest BCUT2D eigenvalue weighted by atomic mass is 16.5. The number of rotatable bonds is 10. The van der Waals surface area contributed by atoms with Gasteiger partial charge in [0.1, 0.15) is 18.5 Å². The summed E-state index contributed by atoms with van der Waals surface area (Å²) in [6.07, 6.45) is 15.3. The van der Waals surface area contributed by atoms with Gasteiger partial charge in [-0.15, -0.1) is 0 Å². The molecule has 0 amide bonds. The highest BCUT2D eigenvalue weighted by molar-refractivity contribution is 5.31. The van der Waals surface area contributed by atoms with Crippen LogP contribution < -0.4 is 0 Å². The fraction of sp³-hybridized carbons (Fsp3) is 0.545. The molecule has 0 fully saturated rings. The van der Waals surface area contributed by atoms with Crippen molar-refractivity contribution in [2.24, 2.45) is 5.41 Å². The normalized spacial score (nSPS) is 17.5. The maximum Gasteiger partial charge on any atom is 0.116 e. The maximum absolute atomic E-state index is 10.2. The van der Waals surface area contributed by atoms with Crippen LogP contribution in [0.3, 0.4) is 0 Å². The lowest BCUT2D eigenvalue weighted by molar-refractivity contribution is -0.115. The molecule has 140 valence electrons. The first kappa shape index (κ1) is 21.5. The molecule has 0 saturated carbocycles. The SMILES string of the molecule is C=C/C=C(\C=C/C)C(C)(C)C(C)(C)OCC(O)COC1=CCCC=C1. The summed E-state index contributed by atoms with van der Waals surface area (Å²) in [4.78, 5) is 0. The highest BCUT2D eigenvalue weighted by Gasteiger charge is 2.40. The van der Waals surface area contributed by atoms with Crippen LogP contribution in [0.5, 0.6) is 0 Å². The molecule has 0 saturated heterocycles. The molecule has 1 N–H and O–H groups in total. The van der Waals surface area contributed by atoms with E-state index in [-0.39, 0.29) is 18.6 Å². The van der Waals surface area contributed by atoms with Crippen LogP contribution in [0.1, 0.15) is 47.5 Å². The van der Waals surface area contributed by atoms with E-state index in [1.54, 1.807) is 6.08 Å². The topological polar surface area (TPSA) is 38.7 Å². The molecule has 0 aromatic carbocycles. The van der Waals surface area contributed by atoms with Crippen molar-refractivity contribution in [3.8, 4) is 0 Å². The van der Waals surface area contributed by atoms with Crippen molar-refractivity contribution in [2.45, 2.75) is 59.2 Å². The number of aliphatic hydroxyl groups is 1. The zero-order valence-electron chi connectivity index (χ0n) is 16.4. The molecule has 1 aliphatic carbocycles. The van der Waals surface area contributed by atoms with Gasteiger partial charge in [0.25, 0.3) is 0 Å². The molecule has 1 aliphatic rings. The number of allylic oxidation sites excluding steroid dienone is 7. The Kier molecular flexibility index (Phi) is 8.40. The maximum atomic E-state index is 10.2. The molecule has 0 radical (unpaired) electrons. The van der Waals surface area contributed by atoms with Crippen molar-refractivity contribution in [3.63, 3.8) is 0 Å². The Morgan fingerprint density at radius 2 is 2.00 bits per heavy atom. The van der Waals surface area contributed by atoms with Gasteiger partial charge < -0.3 is 14.6 Å². The van der Waals surface area contributed by atoms with E-state index in [9.17, 15) is 5.11 Å². The summed E-state index contributed by atoms with van der Waals surface area (Å²) >= 11 is 0. The predicted molar refractivity (Wildman–Crippen MR) is 105 cm³/mol. The fourth-order valence-corrected chi connectivity index (χ4v) is 2.55. The van der Waals surface area contributed by atoms with Crippen molar-refractivity contribution >= 4 is 0 Å². The third kappa shape index (κ3) is 6.33. The van der Waals surface area contributed by atoms with E-state index in [2.05, 4.69) is 32.6 Å². The molecule has 0 bridgehead atoms. The summed E-state index contributed by atoms with van der Waals surface area (Å²) in [5.74, 6) is 0.828. The molecule has 0 aromatic rings.